The quantitative estimate of drug-likeness (QED) is 0.660. The van der Waals surface area contributed by atoms with Crippen LogP contribution in [0.25, 0.3) is 0 Å². The lowest BCUT2D eigenvalue weighted by Crippen LogP contribution is -2.58. The van der Waals surface area contributed by atoms with Crippen LogP contribution in [0.3, 0.4) is 0 Å². The molecule has 5 atom stereocenters. The van der Waals surface area contributed by atoms with Crippen LogP contribution in [-0.4, -0.2) is 69.5 Å². The Morgan fingerprint density at radius 1 is 1.07 bits per heavy atom. The zero-order valence-corrected chi connectivity index (χ0v) is 18.2. The summed E-state index contributed by atoms with van der Waals surface area (Å²) in [5, 5.41) is 9.82. The molecule has 2 fully saturated rings. The number of hydrogen-bond acceptors (Lipinski definition) is 8. The minimum atomic E-state index is -0.800. The summed E-state index contributed by atoms with van der Waals surface area (Å²) < 4.78 is 40.9. The molecule has 0 amide bonds. The van der Waals surface area contributed by atoms with Crippen LogP contribution in [0.15, 0.2) is 16.6 Å². The minimum absolute atomic E-state index is 0.232. The molecule has 1 aromatic carbocycles. The van der Waals surface area contributed by atoms with E-state index in [1.807, 2.05) is 26.0 Å². The summed E-state index contributed by atoms with van der Waals surface area (Å²) in [5.41, 5.74) is 0.859. The Balaban J connectivity index is 1.80. The van der Waals surface area contributed by atoms with Crippen LogP contribution in [0, 0.1) is 0 Å². The second kappa shape index (κ2) is 8.83. The fourth-order valence-corrected chi connectivity index (χ4v) is 3.99. The smallest absolute Gasteiger partial charge is 0.186 e. The Morgan fingerprint density at radius 2 is 1.71 bits per heavy atom. The number of fused-ring (bicyclic) bond motifs is 1. The fraction of sp³-hybridized carbons (Fsp3) is 0.684. The second-order valence-corrected chi connectivity index (χ2v) is 7.95. The lowest BCUT2D eigenvalue weighted by molar-refractivity contribution is -0.280. The van der Waals surface area contributed by atoms with Crippen molar-refractivity contribution in [3.8, 4) is 11.5 Å². The summed E-state index contributed by atoms with van der Waals surface area (Å²) in [6.45, 7) is 3.67. The minimum Gasteiger partial charge on any atom is -0.493 e. The molecular weight excluding hydrogens is 436 g/mol. The zero-order valence-electron chi connectivity index (χ0n) is 16.6. The average Bonchev–Trinajstić information content (AvgIpc) is 3.01. The van der Waals surface area contributed by atoms with E-state index >= 15 is 0 Å². The van der Waals surface area contributed by atoms with Crippen molar-refractivity contribution in [2.45, 2.75) is 56.9 Å². The zero-order chi connectivity index (χ0) is 20.5. The van der Waals surface area contributed by atoms with Gasteiger partial charge in [-0.05, 0) is 31.5 Å². The molecule has 2 saturated heterocycles. The highest BCUT2D eigenvalue weighted by Gasteiger charge is 2.56. The molecule has 1 aromatic rings. The van der Waals surface area contributed by atoms with E-state index in [0.717, 1.165) is 10.0 Å². The lowest BCUT2D eigenvalue weighted by Gasteiger charge is -2.40. The highest BCUT2D eigenvalue weighted by Crippen LogP contribution is 2.40. The van der Waals surface area contributed by atoms with Gasteiger partial charge in [0, 0.05) is 11.6 Å². The van der Waals surface area contributed by atoms with Crippen LogP contribution in [0.5, 0.6) is 11.5 Å². The van der Waals surface area contributed by atoms with Crippen LogP contribution in [0.4, 0.5) is 0 Å². The van der Waals surface area contributed by atoms with Crippen LogP contribution in [0.2, 0.25) is 0 Å². The number of aliphatic hydroxyl groups excluding tert-OH is 1. The van der Waals surface area contributed by atoms with Gasteiger partial charge in [-0.3, -0.25) is 0 Å². The number of ether oxygens (including phenoxy) is 7. The van der Waals surface area contributed by atoms with Gasteiger partial charge in [-0.2, -0.15) is 0 Å². The average molecular weight is 463 g/mol. The molecular formula is C19H27BrO8. The summed E-state index contributed by atoms with van der Waals surface area (Å²) in [6, 6.07) is 3.66. The van der Waals surface area contributed by atoms with Gasteiger partial charge in [0.15, 0.2) is 23.6 Å². The van der Waals surface area contributed by atoms with Crippen molar-refractivity contribution in [3.63, 3.8) is 0 Å². The largest absolute Gasteiger partial charge is 0.493 e. The molecule has 0 aromatic heterocycles. The van der Waals surface area contributed by atoms with Gasteiger partial charge in [-0.15, -0.1) is 0 Å². The molecule has 0 aliphatic carbocycles. The maximum absolute atomic E-state index is 9.82. The number of halogens is 1. The van der Waals surface area contributed by atoms with E-state index in [1.165, 1.54) is 7.11 Å². The number of benzene rings is 1. The molecule has 2 aliphatic rings. The van der Waals surface area contributed by atoms with E-state index in [1.54, 1.807) is 14.2 Å². The van der Waals surface area contributed by atoms with Crippen molar-refractivity contribution in [1.29, 1.82) is 0 Å². The molecule has 8 nitrogen and oxygen atoms in total. The summed E-state index contributed by atoms with van der Waals surface area (Å²) in [7, 11) is 4.69. The van der Waals surface area contributed by atoms with Crippen LogP contribution in [-0.2, 0) is 30.3 Å². The second-order valence-electron chi connectivity index (χ2n) is 7.10. The fourth-order valence-electron chi connectivity index (χ4n) is 3.55. The molecule has 2 heterocycles. The van der Waals surface area contributed by atoms with E-state index in [2.05, 4.69) is 15.9 Å². The highest BCUT2D eigenvalue weighted by molar-refractivity contribution is 9.10. The topological polar surface area (TPSA) is 84.8 Å². The van der Waals surface area contributed by atoms with Gasteiger partial charge in [-0.25, -0.2) is 0 Å². The number of aliphatic hydroxyl groups is 1. The van der Waals surface area contributed by atoms with Crippen LogP contribution < -0.4 is 9.47 Å². The molecule has 0 spiro atoms. The third-order valence-corrected chi connectivity index (χ3v) is 5.57. The molecule has 28 heavy (non-hydrogen) atoms. The molecule has 1 N–H and O–H groups in total. The van der Waals surface area contributed by atoms with E-state index < -0.39 is 36.5 Å². The van der Waals surface area contributed by atoms with Gasteiger partial charge < -0.3 is 38.3 Å². The van der Waals surface area contributed by atoms with Gasteiger partial charge in [0.25, 0.3) is 0 Å². The third kappa shape index (κ3) is 4.30. The predicted octanol–water partition coefficient (Wildman–Crippen LogP) is 2.24. The molecule has 9 heteroatoms. The summed E-state index contributed by atoms with van der Waals surface area (Å²) >= 11 is 3.53. The summed E-state index contributed by atoms with van der Waals surface area (Å²) in [4.78, 5) is 0. The Kier molecular flexibility index (Phi) is 6.86. The van der Waals surface area contributed by atoms with E-state index in [0.29, 0.717) is 11.5 Å². The molecule has 0 radical (unpaired) electrons. The number of rotatable bonds is 7. The SMILES string of the molecule is COc1cc(Br)c(CO[C@H]2[C@@H]3OC(C)(C)O[C@@H]3[C@@H](OC)O[C@@H]2CO)cc1OC. The van der Waals surface area contributed by atoms with Gasteiger partial charge in [0.1, 0.15) is 24.4 Å². The molecule has 0 bridgehead atoms. The maximum atomic E-state index is 9.82. The van der Waals surface area contributed by atoms with Crippen molar-refractivity contribution in [1.82, 2.24) is 0 Å². The summed E-state index contributed by atoms with van der Waals surface area (Å²) in [5.74, 6) is 0.414. The molecule has 3 rings (SSSR count). The van der Waals surface area contributed by atoms with E-state index in [-0.39, 0.29) is 13.2 Å². The van der Waals surface area contributed by atoms with Crippen molar-refractivity contribution < 1.29 is 38.3 Å². The number of methoxy groups -OCH3 is 3. The van der Waals surface area contributed by atoms with Crippen molar-refractivity contribution in [2.75, 3.05) is 27.9 Å². The van der Waals surface area contributed by atoms with Gasteiger partial charge in [0.05, 0.1) is 27.4 Å². The van der Waals surface area contributed by atoms with Crippen molar-refractivity contribution >= 4 is 15.9 Å². The van der Waals surface area contributed by atoms with Gasteiger partial charge in [0.2, 0.25) is 0 Å². The molecule has 0 unspecified atom stereocenters. The molecule has 0 saturated carbocycles. The number of hydrogen-bond donors (Lipinski definition) is 1. The van der Waals surface area contributed by atoms with Gasteiger partial charge >= 0.3 is 0 Å². The van der Waals surface area contributed by atoms with E-state index in [4.69, 9.17) is 33.2 Å². The Labute approximate surface area is 173 Å². The molecule has 158 valence electrons. The highest BCUT2D eigenvalue weighted by atomic mass is 79.9. The maximum Gasteiger partial charge on any atom is 0.186 e. The van der Waals surface area contributed by atoms with E-state index in [9.17, 15) is 5.11 Å². The lowest BCUT2D eigenvalue weighted by atomic mass is 9.99. The first-order valence-electron chi connectivity index (χ1n) is 9.00. The first kappa shape index (κ1) is 21.8. The van der Waals surface area contributed by atoms with Crippen LogP contribution in [0.1, 0.15) is 19.4 Å². The Bertz CT molecular complexity index is 682. The predicted molar refractivity (Wildman–Crippen MR) is 102 cm³/mol. The first-order valence-corrected chi connectivity index (χ1v) is 9.79. The van der Waals surface area contributed by atoms with Crippen molar-refractivity contribution in [3.05, 3.63) is 22.2 Å². The standard InChI is InChI=1S/C19H27BrO8/c1-19(2)27-16-15(14(8-21)26-18(24-5)17(16)28-19)25-9-10-6-12(22-3)13(23-4)7-11(10)20/h6-7,14-18,21H,8-9H2,1-5H3/t14-,15-,16+,17+,18+/m1/s1. The van der Waals surface area contributed by atoms with Crippen LogP contribution >= 0.6 is 15.9 Å². The first-order chi connectivity index (χ1) is 13.3. The van der Waals surface area contributed by atoms with Gasteiger partial charge in [-0.1, -0.05) is 15.9 Å². The normalized spacial score (nSPS) is 31.5. The Morgan fingerprint density at radius 3 is 2.32 bits per heavy atom. The molecule has 2 aliphatic heterocycles. The monoisotopic (exact) mass is 462 g/mol. The Hall–Kier alpha value is -0.940. The third-order valence-electron chi connectivity index (χ3n) is 4.83. The van der Waals surface area contributed by atoms with Crippen molar-refractivity contribution in [2.24, 2.45) is 0 Å². The summed E-state index contributed by atoms with van der Waals surface area (Å²) in [6.07, 6.45) is -2.69.